The third-order valence-corrected chi connectivity index (χ3v) is 3.78. The molecule has 2 nitrogen and oxygen atoms in total. The van der Waals surface area contributed by atoms with Crippen molar-refractivity contribution in [2.45, 2.75) is 12.5 Å². The van der Waals surface area contributed by atoms with Crippen LogP contribution in [0.4, 0.5) is 11.4 Å². The van der Waals surface area contributed by atoms with Crippen molar-refractivity contribution in [2.75, 3.05) is 4.90 Å². The Balaban J connectivity index is 1.90. The third kappa shape index (κ3) is 1.73. The van der Waals surface area contributed by atoms with Crippen molar-refractivity contribution >= 4 is 11.4 Å². The summed E-state index contributed by atoms with van der Waals surface area (Å²) < 4.78 is 6.06. The molecule has 2 aliphatic rings. The van der Waals surface area contributed by atoms with E-state index in [1.165, 1.54) is 5.69 Å². The van der Waals surface area contributed by atoms with E-state index in [1.54, 1.807) is 0 Å². The van der Waals surface area contributed by atoms with E-state index in [0.717, 1.165) is 23.6 Å². The summed E-state index contributed by atoms with van der Waals surface area (Å²) in [5.41, 5.74) is 2.34. The Bertz CT molecular complexity index is 688. The number of hydrogen-bond acceptors (Lipinski definition) is 2. The Morgan fingerprint density at radius 2 is 1.75 bits per heavy atom. The maximum absolute atomic E-state index is 6.06. The van der Waals surface area contributed by atoms with Crippen molar-refractivity contribution in [1.29, 1.82) is 0 Å². The molecule has 0 spiro atoms. The van der Waals surface area contributed by atoms with Gasteiger partial charge in [-0.15, -0.1) is 0 Å². The molecule has 0 N–H and O–H groups in total. The Hall–Kier alpha value is -2.48. The molecule has 20 heavy (non-hydrogen) atoms. The standard InChI is InChI=1S/C18H15NO/c1-2-8-14(9-3-1)19-15-10-4-6-12-17(15)20-18-13-7-5-11-16(18)19/h1-10,12-13,16H,11H2. The van der Waals surface area contributed by atoms with Crippen molar-refractivity contribution in [1.82, 2.24) is 0 Å². The SMILES string of the molecule is C1=CCC2C(=C1)Oc1ccccc1N2c1ccccc1. The fourth-order valence-electron chi connectivity index (χ4n) is 2.88. The van der Waals surface area contributed by atoms with Gasteiger partial charge in [0.2, 0.25) is 0 Å². The highest BCUT2D eigenvalue weighted by Crippen LogP contribution is 2.43. The van der Waals surface area contributed by atoms with E-state index in [9.17, 15) is 0 Å². The monoisotopic (exact) mass is 261 g/mol. The van der Waals surface area contributed by atoms with Crippen LogP contribution in [0.25, 0.3) is 0 Å². The molecule has 2 heteroatoms. The highest BCUT2D eigenvalue weighted by molar-refractivity contribution is 5.73. The van der Waals surface area contributed by atoms with Gasteiger partial charge in [-0.3, -0.25) is 0 Å². The first kappa shape index (κ1) is 11.4. The maximum atomic E-state index is 6.06. The first-order valence-corrected chi connectivity index (χ1v) is 6.91. The average molecular weight is 261 g/mol. The number of nitrogens with zero attached hydrogens (tertiary/aromatic N) is 1. The molecule has 2 aromatic carbocycles. The molecule has 1 aliphatic heterocycles. The van der Waals surface area contributed by atoms with E-state index in [2.05, 4.69) is 59.5 Å². The zero-order valence-corrected chi connectivity index (χ0v) is 11.1. The lowest BCUT2D eigenvalue weighted by molar-refractivity contribution is 0.360. The van der Waals surface area contributed by atoms with Crippen LogP contribution >= 0.6 is 0 Å². The van der Waals surface area contributed by atoms with Crippen molar-refractivity contribution in [3.8, 4) is 5.75 Å². The van der Waals surface area contributed by atoms with Crippen LogP contribution < -0.4 is 9.64 Å². The van der Waals surface area contributed by atoms with Gasteiger partial charge in [0.25, 0.3) is 0 Å². The summed E-state index contributed by atoms with van der Waals surface area (Å²) in [7, 11) is 0. The number of hydrogen-bond donors (Lipinski definition) is 0. The van der Waals surface area contributed by atoms with Crippen LogP contribution in [-0.4, -0.2) is 6.04 Å². The van der Waals surface area contributed by atoms with Crippen LogP contribution in [0.15, 0.2) is 78.6 Å². The first-order chi connectivity index (χ1) is 9.93. The van der Waals surface area contributed by atoms with Crippen LogP contribution in [0.5, 0.6) is 5.75 Å². The number of ether oxygens (including phenoxy) is 1. The number of fused-ring (bicyclic) bond motifs is 2. The molecule has 0 saturated heterocycles. The quantitative estimate of drug-likeness (QED) is 0.753. The molecular weight excluding hydrogens is 246 g/mol. The maximum Gasteiger partial charge on any atom is 0.150 e. The van der Waals surface area contributed by atoms with Crippen molar-refractivity contribution in [3.05, 3.63) is 78.6 Å². The van der Waals surface area contributed by atoms with Gasteiger partial charge >= 0.3 is 0 Å². The van der Waals surface area contributed by atoms with Crippen LogP contribution in [0.3, 0.4) is 0 Å². The van der Waals surface area contributed by atoms with Gasteiger partial charge in [-0.2, -0.15) is 0 Å². The number of rotatable bonds is 1. The van der Waals surface area contributed by atoms with Gasteiger partial charge in [-0.05, 0) is 36.8 Å². The van der Waals surface area contributed by atoms with Crippen molar-refractivity contribution < 1.29 is 4.74 Å². The van der Waals surface area contributed by atoms with Crippen LogP contribution in [0.1, 0.15) is 6.42 Å². The van der Waals surface area contributed by atoms with Gasteiger partial charge < -0.3 is 9.64 Å². The molecule has 0 saturated carbocycles. The Kier molecular flexibility index (Phi) is 2.59. The summed E-state index contributed by atoms with van der Waals surface area (Å²) in [5.74, 6) is 1.95. The molecule has 0 bridgehead atoms. The smallest absolute Gasteiger partial charge is 0.150 e. The van der Waals surface area contributed by atoms with Crippen LogP contribution in [0.2, 0.25) is 0 Å². The highest BCUT2D eigenvalue weighted by Gasteiger charge is 2.32. The number of benzene rings is 2. The minimum absolute atomic E-state index is 0.247. The molecule has 1 unspecified atom stereocenters. The minimum Gasteiger partial charge on any atom is -0.457 e. The van der Waals surface area contributed by atoms with E-state index >= 15 is 0 Å². The van der Waals surface area contributed by atoms with Crippen molar-refractivity contribution in [2.24, 2.45) is 0 Å². The lowest BCUT2D eigenvalue weighted by atomic mass is 10.0. The number of anilines is 2. The van der Waals surface area contributed by atoms with Crippen LogP contribution in [0, 0.1) is 0 Å². The lowest BCUT2D eigenvalue weighted by Crippen LogP contribution is -2.38. The van der Waals surface area contributed by atoms with Gasteiger partial charge in [-0.1, -0.05) is 42.5 Å². The minimum atomic E-state index is 0.247. The second-order valence-corrected chi connectivity index (χ2v) is 5.02. The third-order valence-electron chi connectivity index (χ3n) is 3.78. The Morgan fingerprint density at radius 1 is 0.950 bits per heavy atom. The summed E-state index contributed by atoms with van der Waals surface area (Å²) in [4.78, 5) is 2.37. The first-order valence-electron chi connectivity index (χ1n) is 6.91. The van der Waals surface area contributed by atoms with E-state index in [4.69, 9.17) is 4.74 Å². The molecule has 1 aliphatic carbocycles. The largest absolute Gasteiger partial charge is 0.457 e. The molecule has 0 aromatic heterocycles. The van der Waals surface area contributed by atoms with Gasteiger partial charge in [0, 0.05) is 5.69 Å². The summed E-state index contributed by atoms with van der Waals surface area (Å²) in [5, 5.41) is 0. The highest BCUT2D eigenvalue weighted by atomic mass is 16.5. The molecule has 4 rings (SSSR count). The summed E-state index contributed by atoms with van der Waals surface area (Å²) in [6.07, 6.45) is 7.31. The second-order valence-electron chi connectivity index (χ2n) is 5.02. The molecule has 1 heterocycles. The van der Waals surface area contributed by atoms with Crippen molar-refractivity contribution in [3.63, 3.8) is 0 Å². The molecule has 1 atom stereocenters. The molecule has 0 radical (unpaired) electrons. The van der Waals surface area contributed by atoms with Crippen LogP contribution in [-0.2, 0) is 0 Å². The molecule has 0 amide bonds. The summed E-state index contributed by atoms with van der Waals surface area (Å²) in [6, 6.07) is 19.0. The predicted molar refractivity (Wildman–Crippen MR) is 81.3 cm³/mol. The molecule has 98 valence electrons. The van der Waals surface area contributed by atoms with Gasteiger partial charge in [-0.25, -0.2) is 0 Å². The molecular formula is C18H15NO. The number of para-hydroxylation sites is 3. The van der Waals surface area contributed by atoms with E-state index < -0.39 is 0 Å². The lowest BCUT2D eigenvalue weighted by Gasteiger charge is -2.40. The fourth-order valence-corrected chi connectivity index (χ4v) is 2.88. The average Bonchev–Trinajstić information content (AvgIpc) is 2.53. The number of allylic oxidation sites excluding steroid dienone is 2. The topological polar surface area (TPSA) is 12.5 Å². The normalized spacial score (nSPS) is 19.7. The molecule has 2 aromatic rings. The Morgan fingerprint density at radius 3 is 2.65 bits per heavy atom. The molecule has 0 fully saturated rings. The fraction of sp³-hybridized carbons (Fsp3) is 0.111. The zero-order valence-electron chi connectivity index (χ0n) is 11.1. The predicted octanol–water partition coefficient (Wildman–Crippen LogP) is 4.43. The van der Waals surface area contributed by atoms with E-state index in [1.807, 2.05) is 18.2 Å². The Labute approximate surface area is 118 Å². The zero-order chi connectivity index (χ0) is 13.4. The second kappa shape index (κ2) is 4.57. The summed E-state index contributed by atoms with van der Waals surface area (Å²) >= 11 is 0. The summed E-state index contributed by atoms with van der Waals surface area (Å²) in [6.45, 7) is 0. The van der Waals surface area contributed by atoms with Gasteiger partial charge in [0.1, 0.15) is 5.76 Å². The van der Waals surface area contributed by atoms with E-state index in [-0.39, 0.29) is 6.04 Å². The van der Waals surface area contributed by atoms with Gasteiger partial charge in [0.05, 0.1) is 11.7 Å². The van der Waals surface area contributed by atoms with Gasteiger partial charge in [0.15, 0.2) is 5.75 Å². The van der Waals surface area contributed by atoms with E-state index in [0.29, 0.717) is 0 Å².